The van der Waals surface area contributed by atoms with Crippen molar-refractivity contribution in [3.8, 4) is 0 Å². The van der Waals surface area contributed by atoms with E-state index in [1.54, 1.807) is 6.92 Å². The Morgan fingerprint density at radius 3 is 2.62 bits per heavy atom. The van der Waals surface area contributed by atoms with Gasteiger partial charge in [0.25, 0.3) is 0 Å². The number of benzene rings is 1. The summed E-state index contributed by atoms with van der Waals surface area (Å²) in [7, 11) is -1.52. The van der Waals surface area contributed by atoms with Crippen molar-refractivity contribution in [3.05, 3.63) is 29.3 Å². The fourth-order valence-corrected chi connectivity index (χ4v) is 1.57. The lowest BCUT2D eigenvalue weighted by Gasteiger charge is -2.07. The van der Waals surface area contributed by atoms with E-state index in [-0.39, 0.29) is 11.4 Å². The van der Waals surface area contributed by atoms with Crippen molar-refractivity contribution in [1.29, 1.82) is 0 Å². The molecule has 0 saturated heterocycles. The largest absolute Gasteiger partial charge is 0.477 e. The summed E-state index contributed by atoms with van der Waals surface area (Å²) in [5.41, 5.74) is -1.35. The van der Waals surface area contributed by atoms with Gasteiger partial charge in [-0.1, -0.05) is 6.92 Å². The number of nitrogens with one attached hydrogen (secondary N) is 1. The molecule has 4 nitrogen and oxygen atoms in total. The van der Waals surface area contributed by atoms with Crippen molar-refractivity contribution in [2.24, 2.45) is 0 Å². The summed E-state index contributed by atoms with van der Waals surface area (Å²) in [5.74, 6) is -3.91. The number of hydrogen-bond acceptors (Lipinski definition) is 2. The van der Waals surface area contributed by atoms with Crippen LogP contribution in [0.2, 0.25) is 0 Å². The molecule has 0 radical (unpaired) electrons. The van der Waals surface area contributed by atoms with Crippen molar-refractivity contribution in [1.82, 2.24) is 0 Å². The fourth-order valence-electron chi connectivity index (χ4n) is 1.02. The lowest BCUT2D eigenvalue weighted by molar-refractivity contribution is 0.0686. The van der Waals surface area contributed by atoms with Crippen LogP contribution in [0.1, 0.15) is 17.3 Å². The summed E-state index contributed by atoms with van der Waals surface area (Å²) in [6.45, 7) is 1.60. The topological polar surface area (TPSA) is 66.4 Å². The van der Waals surface area contributed by atoms with Crippen LogP contribution < -0.4 is 4.72 Å². The monoisotopic (exact) mass is 249 g/mol. The van der Waals surface area contributed by atoms with Crippen LogP contribution in [0.5, 0.6) is 0 Å². The molecule has 1 aromatic carbocycles. The Bertz CT molecular complexity index is 451. The van der Waals surface area contributed by atoms with Gasteiger partial charge in [0.2, 0.25) is 0 Å². The Hall–Kier alpha value is -1.50. The number of carboxylic acid groups (broad SMARTS) is 1. The average molecular weight is 249 g/mol. The van der Waals surface area contributed by atoms with Gasteiger partial charge in [0.05, 0.1) is 5.69 Å². The molecule has 1 unspecified atom stereocenters. The smallest absolute Gasteiger partial charge is 0.341 e. The molecule has 16 heavy (non-hydrogen) atoms. The standard InChI is InChI=1S/C9H9F2NO3S/c1-2-16(15)12-6-4-3-5(10)7(8(6)11)9(13)14/h3-4,12H,2H2,1H3,(H,13,14). The fraction of sp³-hybridized carbons (Fsp3) is 0.222. The van der Waals surface area contributed by atoms with E-state index in [2.05, 4.69) is 4.72 Å². The Kier molecular flexibility index (Phi) is 3.94. The maximum atomic E-state index is 13.5. The molecule has 1 rings (SSSR count). The van der Waals surface area contributed by atoms with E-state index in [0.717, 1.165) is 12.1 Å². The average Bonchev–Trinajstić information content (AvgIpc) is 2.21. The van der Waals surface area contributed by atoms with Crippen LogP contribution in [0.25, 0.3) is 0 Å². The molecule has 0 saturated carbocycles. The van der Waals surface area contributed by atoms with Crippen molar-refractivity contribution in [3.63, 3.8) is 0 Å². The predicted molar refractivity (Wildman–Crippen MR) is 55.6 cm³/mol. The number of carbonyl (C=O) groups is 1. The lowest BCUT2D eigenvalue weighted by atomic mass is 10.2. The van der Waals surface area contributed by atoms with Gasteiger partial charge < -0.3 is 9.83 Å². The molecule has 0 aromatic heterocycles. The number of rotatable bonds is 4. The number of aromatic carboxylic acids is 1. The lowest BCUT2D eigenvalue weighted by Crippen LogP contribution is -2.11. The minimum Gasteiger partial charge on any atom is -0.477 e. The van der Waals surface area contributed by atoms with Crippen LogP contribution in [0.4, 0.5) is 14.5 Å². The van der Waals surface area contributed by atoms with Crippen molar-refractivity contribution in [2.75, 3.05) is 10.5 Å². The van der Waals surface area contributed by atoms with Crippen LogP contribution in [-0.4, -0.2) is 21.0 Å². The first-order valence-corrected chi connectivity index (χ1v) is 5.65. The Morgan fingerprint density at radius 1 is 1.50 bits per heavy atom. The van der Waals surface area contributed by atoms with Gasteiger partial charge in [-0.3, -0.25) is 0 Å². The molecule has 2 N–H and O–H groups in total. The predicted octanol–water partition coefficient (Wildman–Crippen LogP) is 1.76. The van der Waals surface area contributed by atoms with E-state index in [0.29, 0.717) is 0 Å². The van der Waals surface area contributed by atoms with Gasteiger partial charge in [0.15, 0.2) is 5.82 Å². The summed E-state index contributed by atoms with van der Waals surface area (Å²) < 4.78 is 39.8. The first-order valence-electron chi connectivity index (χ1n) is 4.33. The first-order chi connectivity index (χ1) is 7.47. The zero-order valence-corrected chi connectivity index (χ0v) is 9.11. The van der Waals surface area contributed by atoms with E-state index in [1.165, 1.54) is 0 Å². The maximum absolute atomic E-state index is 13.5. The Balaban J connectivity index is 3.18. The molecular formula is C9H9F2NO3S. The molecule has 7 heteroatoms. The van der Waals surface area contributed by atoms with E-state index in [4.69, 9.17) is 5.11 Å². The summed E-state index contributed by atoms with van der Waals surface area (Å²) in [6, 6.07) is 1.81. The highest BCUT2D eigenvalue weighted by Crippen LogP contribution is 2.21. The third-order valence-corrected chi connectivity index (χ3v) is 2.76. The second-order valence-corrected chi connectivity index (χ2v) is 4.30. The molecule has 0 aliphatic carbocycles. The Labute approximate surface area is 92.9 Å². The molecule has 0 heterocycles. The van der Waals surface area contributed by atoms with E-state index >= 15 is 0 Å². The van der Waals surface area contributed by atoms with Gasteiger partial charge in [0, 0.05) is 5.75 Å². The maximum Gasteiger partial charge on any atom is 0.341 e. The minimum atomic E-state index is -1.71. The molecular weight excluding hydrogens is 240 g/mol. The summed E-state index contributed by atoms with van der Waals surface area (Å²) in [5, 5.41) is 8.58. The van der Waals surface area contributed by atoms with Gasteiger partial charge >= 0.3 is 5.97 Å². The van der Waals surface area contributed by atoms with Gasteiger partial charge in [-0.05, 0) is 12.1 Å². The van der Waals surface area contributed by atoms with E-state index < -0.39 is 34.2 Å². The highest BCUT2D eigenvalue weighted by atomic mass is 32.2. The number of halogens is 2. The minimum absolute atomic E-state index is 0.221. The SMILES string of the molecule is CCS(=O)Nc1ccc(F)c(C(=O)O)c1F. The van der Waals surface area contributed by atoms with Gasteiger partial charge in [-0.15, -0.1) is 0 Å². The number of anilines is 1. The molecule has 88 valence electrons. The Morgan fingerprint density at radius 2 is 2.12 bits per heavy atom. The van der Waals surface area contributed by atoms with Crippen molar-refractivity contribution >= 4 is 22.6 Å². The molecule has 0 aliphatic heterocycles. The first kappa shape index (κ1) is 12.6. The molecule has 0 aliphatic rings. The summed E-state index contributed by atoms with van der Waals surface area (Å²) >= 11 is 0. The van der Waals surface area contributed by atoms with E-state index in [1.807, 2.05) is 0 Å². The summed E-state index contributed by atoms with van der Waals surface area (Å²) in [4.78, 5) is 10.6. The summed E-state index contributed by atoms with van der Waals surface area (Å²) in [6.07, 6.45) is 0. The highest BCUT2D eigenvalue weighted by molar-refractivity contribution is 7.86. The van der Waals surface area contributed by atoms with Gasteiger partial charge in [0.1, 0.15) is 22.4 Å². The van der Waals surface area contributed by atoms with Crippen LogP contribution in [-0.2, 0) is 11.0 Å². The molecule has 0 spiro atoms. The highest BCUT2D eigenvalue weighted by Gasteiger charge is 2.20. The molecule has 0 bridgehead atoms. The molecule has 0 amide bonds. The van der Waals surface area contributed by atoms with E-state index in [9.17, 15) is 17.8 Å². The molecule has 0 fully saturated rings. The van der Waals surface area contributed by atoms with Crippen molar-refractivity contribution < 1.29 is 22.9 Å². The van der Waals surface area contributed by atoms with Crippen LogP contribution >= 0.6 is 0 Å². The van der Waals surface area contributed by atoms with Crippen LogP contribution in [0.15, 0.2) is 12.1 Å². The number of carboxylic acids is 1. The van der Waals surface area contributed by atoms with Gasteiger partial charge in [-0.25, -0.2) is 17.8 Å². The second-order valence-electron chi connectivity index (χ2n) is 2.83. The molecule has 1 atom stereocenters. The third-order valence-electron chi connectivity index (χ3n) is 1.79. The second kappa shape index (κ2) is 5.02. The van der Waals surface area contributed by atoms with Crippen molar-refractivity contribution in [2.45, 2.75) is 6.92 Å². The third kappa shape index (κ3) is 2.54. The zero-order chi connectivity index (χ0) is 12.3. The van der Waals surface area contributed by atoms with Crippen LogP contribution in [0, 0.1) is 11.6 Å². The van der Waals surface area contributed by atoms with Gasteiger partial charge in [-0.2, -0.15) is 0 Å². The quantitative estimate of drug-likeness (QED) is 0.854. The van der Waals surface area contributed by atoms with Crippen LogP contribution in [0.3, 0.4) is 0 Å². The normalized spacial score (nSPS) is 12.2. The number of hydrogen-bond donors (Lipinski definition) is 2. The zero-order valence-electron chi connectivity index (χ0n) is 8.29. The molecule has 1 aromatic rings.